The van der Waals surface area contributed by atoms with Crippen LogP contribution in [0.4, 0.5) is 0 Å². The third kappa shape index (κ3) is 2.65. The molecule has 3 N–H and O–H groups in total. The molecule has 1 aromatic carbocycles. The summed E-state index contributed by atoms with van der Waals surface area (Å²) in [6.07, 6.45) is 4.81. The topological polar surface area (TPSA) is 72.9 Å². The number of hydrogen-bond donors (Lipinski definition) is 2. The van der Waals surface area contributed by atoms with Gasteiger partial charge in [-0.05, 0) is 25.0 Å². The summed E-state index contributed by atoms with van der Waals surface area (Å²) in [6, 6.07) is 7.96. The molecule has 0 atom stereocenters. The van der Waals surface area contributed by atoms with E-state index in [1.54, 1.807) is 0 Å². The first kappa shape index (κ1) is 14.1. The minimum atomic E-state index is -0.692. The lowest BCUT2D eigenvalue weighted by Crippen LogP contribution is -2.54. The second kappa shape index (κ2) is 5.48. The fourth-order valence-corrected chi connectivity index (χ4v) is 3.10. The maximum Gasteiger partial charge on any atom is 0.240 e. The van der Waals surface area contributed by atoms with E-state index in [-0.39, 0.29) is 5.91 Å². The minimum Gasteiger partial charge on any atom is -0.347 e. The van der Waals surface area contributed by atoms with Gasteiger partial charge in [-0.2, -0.15) is 0 Å². The van der Waals surface area contributed by atoms with E-state index >= 15 is 0 Å². The molecule has 0 bridgehead atoms. The molecule has 1 amide bonds. The van der Waals surface area contributed by atoms with Crippen molar-refractivity contribution >= 4 is 16.9 Å². The van der Waals surface area contributed by atoms with E-state index < -0.39 is 5.54 Å². The van der Waals surface area contributed by atoms with Crippen molar-refractivity contribution in [2.75, 3.05) is 0 Å². The highest BCUT2D eigenvalue weighted by Gasteiger charge is 2.35. The molecule has 21 heavy (non-hydrogen) atoms. The third-order valence-corrected chi connectivity index (χ3v) is 4.48. The van der Waals surface area contributed by atoms with E-state index in [1.165, 1.54) is 6.42 Å². The molecule has 5 nitrogen and oxygen atoms in total. The Labute approximate surface area is 124 Å². The first-order valence-corrected chi connectivity index (χ1v) is 7.58. The van der Waals surface area contributed by atoms with Crippen LogP contribution in [0.15, 0.2) is 24.3 Å². The summed E-state index contributed by atoms with van der Waals surface area (Å²) in [6.45, 7) is 0.420. The number of fused-ring (bicyclic) bond motifs is 1. The number of nitrogens with two attached hydrogens (primary N) is 1. The number of carbonyl (C=O) groups excluding carboxylic acids is 1. The standard InChI is InChI=1S/C16H22N4O/c1-20-13-8-4-3-7-12(13)19-14(20)11-18-15(21)16(17)9-5-2-6-10-16/h3-4,7-8H,2,5-6,9-11,17H2,1H3,(H,18,21). The summed E-state index contributed by atoms with van der Waals surface area (Å²) in [5.41, 5.74) is 7.57. The predicted octanol–water partition coefficient (Wildman–Crippen LogP) is 1.85. The van der Waals surface area contributed by atoms with E-state index in [0.29, 0.717) is 6.54 Å². The summed E-state index contributed by atoms with van der Waals surface area (Å²) in [4.78, 5) is 16.9. The average molecular weight is 286 g/mol. The first-order valence-electron chi connectivity index (χ1n) is 7.58. The summed E-state index contributed by atoms with van der Waals surface area (Å²) < 4.78 is 2.01. The molecule has 0 unspecified atom stereocenters. The third-order valence-electron chi connectivity index (χ3n) is 4.48. The van der Waals surface area contributed by atoms with Crippen LogP contribution in [0.1, 0.15) is 37.9 Å². The number of para-hydroxylation sites is 2. The summed E-state index contributed by atoms with van der Waals surface area (Å²) in [7, 11) is 1.97. The monoisotopic (exact) mass is 286 g/mol. The highest BCUT2D eigenvalue weighted by molar-refractivity contribution is 5.86. The smallest absolute Gasteiger partial charge is 0.240 e. The molecule has 5 heteroatoms. The number of amides is 1. The molecule has 1 aliphatic carbocycles. The molecule has 2 aromatic rings. The van der Waals surface area contributed by atoms with Gasteiger partial charge in [0, 0.05) is 7.05 Å². The molecule has 0 spiro atoms. The number of carbonyl (C=O) groups is 1. The van der Waals surface area contributed by atoms with E-state index in [2.05, 4.69) is 10.3 Å². The zero-order chi connectivity index (χ0) is 14.9. The van der Waals surface area contributed by atoms with Crippen molar-refractivity contribution in [3.63, 3.8) is 0 Å². The van der Waals surface area contributed by atoms with Crippen LogP contribution in [0.25, 0.3) is 11.0 Å². The number of aryl methyl sites for hydroxylation is 1. The van der Waals surface area contributed by atoms with Gasteiger partial charge in [-0.15, -0.1) is 0 Å². The van der Waals surface area contributed by atoms with Gasteiger partial charge in [0.05, 0.1) is 23.1 Å². The average Bonchev–Trinajstić information content (AvgIpc) is 2.82. The molecular weight excluding hydrogens is 264 g/mol. The second-order valence-corrected chi connectivity index (χ2v) is 5.98. The Hall–Kier alpha value is -1.88. The molecule has 1 fully saturated rings. The zero-order valence-corrected chi connectivity index (χ0v) is 12.4. The molecule has 1 heterocycles. The molecule has 1 aliphatic rings. The van der Waals surface area contributed by atoms with Crippen LogP contribution in [0.2, 0.25) is 0 Å². The van der Waals surface area contributed by atoms with Crippen LogP contribution in [0.5, 0.6) is 0 Å². The van der Waals surface area contributed by atoms with Crippen molar-refractivity contribution in [3.8, 4) is 0 Å². The van der Waals surface area contributed by atoms with Crippen LogP contribution in [0.3, 0.4) is 0 Å². The van der Waals surface area contributed by atoms with Crippen molar-refractivity contribution in [1.82, 2.24) is 14.9 Å². The molecule has 112 valence electrons. The van der Waals surface area contributed by atoms with Crippen molar-refractivity contribution in [2.45, 2.75) is 44.2 Å². The largest absolute Gasteiger partial charge is 0.347 e. The Morgan fingerprint density at radius 1 is 1.33 bits per heavy atom. The van der Waals surface area contributed by atoms with E-state index in [9.17, 15) is 4.79 Å². The van der Waals surface area contributed by atoms with Gasteiger partial charge in [0.15, 0.2) is 0 Å². The number of imidazole rings is 1. The van der Waals surface area contributed by atoms with Crippen molar-refractivity contribution in [1.29, 1.82) is 0 Å². The van der Waals surface area contributed by atoms with Gasteiger partial charge in [-0.1, -0.05) is 31.4 Å². The lowest BCUT2D eigenvalue weighted by atomic mass is 9.82. The minimum absolute atomic E-state index is 0.0470. The van der Waals surface area contributed by atoms with Crippen molar-refractivity contribution in [3.05, 3.63) is 30.1 Å². The SMILES string of the molecule is Cn1c(CNC(=O)C2(N)CCCCC2)nc2ccccc21. The van der Waals surface area contributed by atoms with Crippen molar-refractivity contribution < 1.29 is 4.79 Å². The molecule has 3 rings (SSSR count). The van der Waals surface area contributed by atoms with Gasteiger partial charge in [0.2, 0.25) is 5.91 Å². The van der Waals surface area contributed by atoms with E-state index in [4.69, 9.17) is 5.73 Å². The van der Waals surface area contributed by atoms with E-state index in [0.717, 1.165) is 42.5 Å². The fraction of sp³-hybridized carbons (Fsp3) is 0.500. The molecule has 1 saturated carbocycles. The van der Waals surface area contributed by atoms with Crippen LogP contribution in [-0.4, -0.2) is 21.0 Å². The van der Waals surface area contributed by atoms with Gasteiger partial charge in [0.25, 0.3) is 0 Å². The molecule has 0 saturated heterocycles. The quantitative estimate of drug-likeness (QED) is 0.904. The maximum atomic E-state index is 12.3. The molecular formula is C16H22N4O. The number of hydrogen-bond acceptors (Lipinski definition) is 3. The Kier molecular flexibility index (Phi) is 3.68. The van der Waals surface area contributed by atoms with E-state index in [1.807, 2.05) is 35.9 Å². The highest BCUT2D eigenvalue weighted by Crippen LogP contribution is 2.26. The molecule has 0 aliphatic heterocycles. The summed E-state index contributed by atoms with van der Waals surface area (Å²) in [5.74, 6) is 0.804. The van der Waals surface area contributed by atoms with Gasteiger partial charge in [0.1, 0.15) is 5.82 Å². The Bertz CT molecular complexity index is 655. The van der Waals surface area contributed by atoms with Crippen LogP contribution >= 0.6 is 0 Å². The molecule has 1 aromatic heterocycles. The predicted molar refractivity (Wildman–Crippen MR) is 82.6 cm³/mol. The molecule has 0 radical (unpaired) electrons. The van der Waals surface area contributed by atoms with Gasteiger partial charge in [-0.3, -0.25) is 4.79 Å². The van der Waals surface area contributed by atoms with Crippen LogP contribution < -0.4 is 11.1 Å². The Morgan fingerprint density at radius 3 is 2.76 bits per heavy atom. The first-order chi connectivity index (χ1) is 10.1. The number of aromatic nitrogens is 2. The van der Waals surface area contributed by atoms with Crippen molar-refractivity contribution in [2.24, 2.45) is 12.8 Å². The normalized spacial score (nSPS) is 17.8. The number of nitrogens with zero attached hydrogens (tertiary/aromatic N) is 2. The zero-order valence-electron chi connectivity index (χ0n) is 12.4. The van der Waals surface area contributed by atoms with Crippen LogP contribution in [-0.2, 0) is 18.4 Å². The number of rotatable bonds is 3. The van der Waals surface area contributed by atoms with Crippen LogP contribution in [0, 0.1) is 0 Å². The summed E-state index contributed by atoms with van der Waals surface area (Å²) in [5, 5.41) is 2.96. The lowest BCUT2D eigenvalue weighted by Gasteiger charge is -2.31. The van der Waals surface area contributed by atoms with Gasteiger partial charge in [-0.25, -0.2) is 4.98 Å². The summed E-state index contributed by atoms with van der Waals surface area (Å²) >= 11 is 0. The van der Waals surface area contributed by atoms with Gasteiger partial charge >= 0.3 is 0 Å². The second-order valence-electron chi connectivity index (χ2n) is 5.98. The Morgan fingerprint density at radius 2 is 2.05 bits per heavy atom. The Balaban J connectivity index is 1.71. The van der Waals surface area contributed by atoms with Gasteiger partial charge < -0.3 is 15.6 Å². The number of nitrogens with one attached hydrogen (secondary N) is 1. The maximum absolute atomic E-state index is 12.3. The number of benzene rings is 1. The lowest BCUT2D eigenvalue weighted by molar-refractivity contribution is -0.127. The highest BCUT2D eigenvalue weighted by atomic mass is 16.2. The fourth-order valence-electron chi connectivity index (χ4n) is 3.10.